The number of rotatable bonds is 6. The molecular formula is C46H42N8O2Si. The van der Waals surface area contributed by atoms with Crippen LogP contribution in [0, 0.1) is 11.8 Å². The van der Waals surface area contributed by atoms with Crippen molar-refractivity contribution in [2.45, 2.75) is 64.2 Å². The highest BCUT2D eigenvalue weighted by Crippen LogP contribution is 2.44. The van der Waals surface area contributed by atoms with Crippen LogP contribution in [-0.4, -0.2) is 53.9 Å². The van der Waals surface area contributed by atoms with Crippen LogP contribution in [0.1, 0.15) is 86.5 Å². The molecule has 6 bridgehead atoms. The molecule has 6 aliphatic rings. The molecule has 2 saturated carbocycles. The predicted molar refractivity (Wildman–Crippen MR) is 226 cm³/mol. The van der Waals surface area contributed by atoms with Crippen molar-refractivity contribution in [1.82, 2.24) is 8.47 Å². The molecule has 0 saturated heterocycles. The van der Waals surface area contributed by atoms with Gasteiger partial charge in [0.2, 0.25) is 0 Å². The van der Waals surface area contributed by atoms with Gasteiger partial charge in [-0.05, 0) is 37.5 Å². The largest absolute Gasteiger partial charge is 0.603 e. The first-order chi connectivity index (χ1) is 28.2. The Kier molecular flexibility index (Phi) is 7.77. The Morgan fingerprint density at radius 3 is 1.21 bits per heavy atom. The highest BCUT2D eigenvalue weighted by atomic mass is 28.4. The molecule has 0 radical (unpaired) electrons. The third-order valence-electron chi connectivity index (χ3n) is 12.8. The van der Waals surface area contributed by atoms with Crippen molar-refractivity contribution in [2.75, 3.05) is 13.2 Å². The van der Waals surface area contributed by atoms with E-state index >= 15 is 0 Å². The molecule has 0 unspecified atom stereocenters. The standard InChI is InChI=1S/C46H42N8O2Si/c1-3-15-29(16-4-1)27-55-57(56-28-30-17-5-2-6-18-30)53-43-35-23-11-12-24-36(35)45(53)51-41-33-21-9-10-22-34(33)42(48-41)52-46-38-26-14-13-25-37(38)44(54(46)57)50-40-32-20-8-7-19-31(32)39(47-40)49-43/h7-14,19-26,29-30H,1-6,15-18,27-28H2. The summed E-state index contributed by atoms with van der Waals surface area (Å²) in [6.45, 7) is 1.10. The maximum absolute atomic E-state index is 7.84. The van der Waals surface area contributed by atoms with Gasteiger partial charge >= 0.3 is 8.88 Å². The van der Waals surface area contributed by atoms with Crippen LogP contribution in [0.25, 0.3) is 21.5 Å². The molecule has 2 aromatic heterocycles. The Morgan fingerprint density at radius 1 is 0.421 bits per heavy atom. The van der Waals surface area contributed by atoms with E-state index in [0.717, 1.165) is 69.5 Å². The molecule has 6 heterocycles. The molecule has 0 N–H and O–H groups in total. The third-order valence-corrected chi connectivity index (χ3v) is 15.8. The van der Waals surface area contributed by atoms with E-state index < -0.39 is 8.88 Å². The second-order valence-electron chi connectivity index (χ2n) is 16.3. The maximum atomic E-state index is 7.84. The van der Waals surface area contributed by atoms with Crippen LogP contribution in [-0.2, 0) is 8.85 Å². The van der Waals surface area contributed by atoms with Gasteiger partial charge in [0.15, 0.2) is 23.3 Å². The lowest BCUT2D eigenvalue weighted by Gasteiger charge is -2.36. The SMILES string of the molecule is c1ccc2c(c1)C1=NC2=Nc2c3ccccc3c3n2[Si](OCC2CCCCC2)(OCC2CCCCC2)n2c(c4ccccc4c2=NC2=NC(=N3)c3ccccc32)=N1. The van der Waals surface area contributed by atoms with Gasteiger partial charge in [-0.1, -0.05) is 136 Å². The van der Waals surface area contributed by atoms with Gasteiger partial charge in [-0.3, -0.25) is 8.47 Å². The zero-order valence-electron chi connectivity index (χ0n) is 31.8. The fourth-order valence-corrected chi connectivity index (χ4v) is 13.4. The maximum Gasteiger partial charge on any atom is 0.603 e. The van der Waals surface area contributed by atoms with E-state index in [0.29, 0.717) is 71.0 Å². The molecule has 57 heavy (non-hydrogen) atoms. The van der Waals surface area contributed by atoms with Gasteiger partial charge in [-0.15, -0.1) is 0 Å². The van der Waals surface area contributed by atoms with Crippen molar-refractivity contribution in [1.29, 1.82) is 0 Å². The van der Waals surface area contributed by atoms with Gasteiger partial charge < -0.3 is 8.85 Å². The summed E-state index contributed by atoms with van der Waals surface area (Å²) < 4.78 is 20.2. The van der Waals surface area contributed by atoms with E-state index in [4.69, 9.17) is 38.8 Å². The van der Waals surface area contributed by atoms with Crippen molar-refractivity contribution >= 4 is 65.4 Å². The second kappa shape index (κ2) is 13.2. The lowest BCUT2D eigenvalue weighted by atomic mass is 9.90. The van der Waals surface area contributed by atoms with Crippen LogP contribution in [0.2, 0.25) is 0 Å². The first-order valence-corrected chi connectivity index (χ1v) is 22.5. The molecule has 6 aromatic rings. The van der Waals surface area contributed by atoms with Crippen LogP contribution < -0.4 is 11.0 Å². The molecule has 10 nitrogen and oxygen atoms in total. The number of benzene rings is 4. The number of aliphatic imine (C=N–C) groups is 4. The van der Waals surface area contributed by atoms with E-state index in [1.54, 1.807) is 0 Å². The van der Waals surface area contributed by atoms with E-state index in [2.05, 4.69) is 81.3 Å². The highest BCUT2D eigenvalue weighted by molar-refractivity contribution is 6.66. The summed E-state index contributed by atoms with van der Waals surface area (Å²) in [4.78, 5) is 32.7. The summed E-state index contributed by atoms with van der Waals surface area (Å²) in [6.07, 6.45) is 11.9. The van der Waals surface area contributed by atoms with Crippen molar-refractivity contribution in [3.63, 3.8) is 0 Å². The minimum atomic E-state index is -4.06. The van der Waals surface area contributed by atoms with Crippen LogP contribution in [0.15, 0.2) is 127 Å². The molecule has 2 aliphatic carbocycles. The normalized spacial score (nSPS) is 19.5. The van der Waals surface area contributed by atoms with E-state index in [9.17, 15) is 0 Å². The summed E-state index contributed by atoms with van der Waals surface area (Å²) in [5.41, 5.74) is 5.19. The fourth-order valence-electron chi connectivity index (χ4n) is 9.89. The predicted octanol–water partition coefficient (Wildman–Crippen LogP) is 8.57. The Hall–Kier alpha value is -5.62. The van der Waals surface area contributed by atoms with Gasteiger partial charge in [-0.25, -0.2) is 30.0 Å². The summed E-state index contributed by atoms with van der Waals surface area (Å²) in [6, 6.07) is 33.5. The molecule has 11 heteroatoms. The average molecular weight is 767 g/mol. The lowest BCUT2D eigenvalue weighted by molar-refractivity contribution is 0.0935. The smallest absolute Gasteiger partial charge is 0.361 e. The molecule has 282 valence electrons. The van der Waals surface area contributed by atoms with Crippen LogP contribution >= 0.6 is 0 Å². The number of hydrogen-bond donors (Lipinski definition) is 0. The molecule has 2 fully saturated rings. The molecule has 0 amide bonds. The second-order valence-corrected chi connectivity index (χ2v) is 18.9. The zero-order chi connectivity index (χ0) is 37.5. The summed E-state index contributed by atoms with van der Waals surface area (Å²) in [5, 5.41) is 3.81. The van der Waals surface area contributed by atoms with Crippen molar-refractivity contribution in [3.05, 3.63) is 130 Å². The average Bonchev–Trinajstić information content (AvgIpc) is 3.98. The van der Waals surface area contributed by atoms with Gasteiger partial charge in [0.25, 0.3) is 0 Å². The van der Waals surface area contributed by atoms with Gasteiger partial charge in [0.05, 0.1) is 0 Å². The Bertz CT molecular complexity index is 2720. The van der Waals surface area contributed by atoms with E-state index in [-0.39, 0.29) is 0 Å². The Morgan fingerprint density at radius 2 is 0.789 bits per heavy atom. The minimum Gasteiger partial charge on any atom is -0.361 e. The van der Waals surface area contributed by atoms with Crippen LogP contribution in [0.5, 0.6) is 0 Å². The number of nitrogens with zero attached hydrogens (tertiary/aromatic N) is 8. The molecule has 0 atom stereocenters. The zero-order valence-corrected chi connectivity index (χ0v) is 32.8. The van der Waals surface area contributed by atoms with E-state index in [1.807, 2.05) is 24.3 Å². The Balaban J connectivity index is 1.29. The molecule has 0 spiro atoms. The fraction of sp³-hybridized carbons (Fsp3) is 0.304. The van der Waals surface area contributed by atoms with Crippen LogP contribution in [0.4, 0.5) is 11.6 Å². The first kappa shape index (κ1) is 33.5. The van der Waals surface area contributed by atoms with E-state index in [1.165, 1.54) is 38.5 Å². The number of aromatic nitrogens is 2. The molecule has 4 aromatic carbocycles. The van der Waals surface area contributed by atoms with Gasteiger partial charge in [-0.2, -0.15) is 0 Å². The lowest BCUT2D eigenvalue weighted by Crippen LogP contribution is -2.64. The topological polar surface area (TPSA) is 102 Å². The molecule has 4 aliphatic heterocycles. The first-order valence-electron chi connectivity index (χ1n) is 20.8. The van der Waals surface area contributed by atoms with Gasteiger partial charge in [0, 0.05) is 57.0 Å². The summed E-state index contributed by atoms with van der Waals surface area (Å²) >= 11 is 0. The number of fused-ring (bicyclic) bond motifs is 14. The molecule has 12 rings (SSSR count). The highest BCUT2D eigenvalue weighted by Gasteiger charge is 2.53. The monoisotopic (exact) mass is 766 g/mol. The summed E-state index contributed by atoms with van der Waals surface area (Å²) in [5.74, 6) is 4.69. The Labute approximate surface area is 331 Å². The quantitative estimate of drug-likeness (QED) is 0.159. The number of hydrogen-bond acceptors (Lipinski definition) is 8. The third kappa shape index (κ3) is 5.21. The van der Waals surface area contributed by atoms with Gasteiger partial charge in [0.1, 0.15) is 22.6 Å². The molecular weight excluding hydrogens is 725 g/mol. The van der Waals surface area contributed by atoms with Crippen LogP contribution in [0.3, 0.4) is 0 Å². The number of amidine groups is 4. The minimum absolute atomic E-state index is 0.402. The van der Waals surface area contributed by atoms with Crippen molar-refractivity contribution in [2.24, 2.45) is 41.8 Å². The van der Waals surface area contributed by atoms with Crippen molar-refractivity contribution in [3.8, 4) is 0 Å². The van der Waals surface area contributed by atoms with Crippen molar-refractivity contribution < 1.29 is 8.85 Å². The summed E-state index contributed by atoms with van der Waals surface area (Å²) in [7, 11) is -4.06.